The van der Waals surface area contributed by atoms with Crippen molar-refractivity contribution >= 4 is 60.6 Å². The highest BCUT2D eigenvalue weighted by atomic mass is 79.9. The van der Waals surface area contributed by atoms with Gasteiger partial charge in [0.2, 0.25) is 5.28 Å². The fraction of sp³-hybridized carbons (Fsp3) is 0.143. The summed E-state index contributed by atoms with van der Waals surface area (Å²) in [4.78, 5) is 10.5. The summed E-state index contributed by atoms with van der Waals surface area (Å²) in [6.07, 6.45) is 0.922. The number of nitrogens with one attached hydrogen (secondary N) is 1. The fourth-order valence-electron chi connectivity index (χ4n) is 1.93. The van der Waals surface area contributed by atoms with Crippen molar-refractivity contribution in [1.82, 2.24) is 9.97 Å². The van der Waals surface area contributed by atoms with Crippen LogP contribution in [0.25, 0.3) is 10.2 Å². The molecule has 0 spiro atoms. The molecular formula is C14H10BrClFN3S. The van der Waals surface area contributed by atoms with Crippen molar-refractivity contribution in [1.29, 1.82) is 0 Å². The number of aryl methyl sites for hydroxylation is 1. The average molecular weight is 387 g/mol. The molecule has 0 saturated heterocycles. The van der Waals surface area contributed by atoms with Crippen molar-refractivity contribution in [2.75, 3.05) is 5.32 Å². The fourth-order valence-corrected chi connectivity index (χ4v) is 3.36. The van der Waals surface area contributed by atoms with Crippen molar-refractivity contribution in [3.8, 4) is 0 Å². The highest BCUT2D eigenvalue weighted by Gasteiger charge is 2.11. The molecule has 0 aliphatic carbocycles. The lowest BCUT2D eigenvalue weighted by atomic mass is 10.2. The van der Waals surface area contributed by atoms with Gasteiger partial charge < -0.3 is 5.32 Å². The first-order chi connectivity index (χ1) is 10.1. The van der Waals surface area contributed by atoms with Crippen molar-refractivity contribution in [3.05, 3.63) is 44.7 Å². The summed E-state index contributed by atoms with van der Waals surface area (Å²) < 4.78 is 14.0. The first-order valence-corrected chi connectivity index (χ1v) is 8.23. The molecule has 1 N–H and O–H groups in total. The van der Waals surface area contributed by atoms with E-state index in [1.54, 1.807) is 23.5 Å². The Balaban J connectivity index is 2.06. The number of hydrogen-bond donors (Lipinski definition) is 1. The number of hydrogen-bond acceptors (Lipinski definition) is 4. The van der Waals surface area contributed by atoms with E-state index in [1.165, 1.54) is 10.9 Å². The van der Waals surface area contributed by atoms with Crippen LogP contribution in [0.2, 0.25) is 5.28 Å². The Labute approximate surface area is 138 Å². The normalized spacial score (nSPS) is 11.0. The van der Waals surface area contributed by atoms with E-state index in [0.29, 0.717) is 16.0 Å². The zero-order valence-corrected chi connectivity index (χ0v) is 14.1. The minimum Gasteiger partial charge on any atom is -0.339 e. The molecule has 0 bridgehead atoms. The van der Waals surface area contributed by atoms with Crippen LogP contribution in [0.1, 0.15) is 11.8 Å². The summed E-state index contributed by atoms with van der Waals surface area (Å²) in [7, 11) is 0. The van der Waals surface area contributed by atoms with Gasteiger partial charge in [-0.3, -0.25) is 0 Å². The Morgan fingerprint density at radius 2 is 2.14 bits per heavy atom. The lowest BCUT2D eigenvalue weighted by molar-refractivity contribution is 0.622. The molecule has 108 valence electrons. The number of aromatic nitrogens is 2. The number of thiophene rings is 1. The molecule has 0 aliphatic rings. The number of fused-ring (bicyclic) bond motifs is 1. The van der Waals surface area contributed by atoms with Gasteiger partial charge in [-0.05, 0) is 58.2 Å². The third-order valence-corrected chi connectivity index (χ3v) is 4.93. The van der Waals surface area contributed by atoms with Gasteiger partial charge in [-0.25, -0.2) is 9.37 Å². The summed E-state index contributed by atoms with van der Waals surface area (Å²) in [5, 5.41) is 4.17. The molecule has 1 aromatic carbocycles. The molecule has 3 aromatic rings. The Morgan fingerprint density at radius 1 is 1.33 bits per heavy atom. The minimum atomic E-state index is -0.337. The number of benzene rings is 1. The van der Waals surface area contributed by atoms with Crippen LogP contribution in [0.15, 0.2) is 28.7 Å². The third-order valence-electron chi connectivity index (χ3n) is 2.95. The Kier molecular flexibility index (Phi) is 4.10. The minimum absolute atomic E-state index is 0.173. The van der Waals surface area contributed by atoms with Crippen LogP contribution in [-0.2, 0) is 6.42 Å². The predicted molar refractivity (Wildman–Crippen MR) is 89.2 cm³/mol. The lowest BCUT2D eigenvalue weighted by Crippen LogP contribution is -1.96. The van der Waals surface area contributed by atoms with E-state index in [1.807, 2.05) is 6.07 Å². The third kappa shape index (κ3) is 3.02. The van der Waals surface area contributed by atoms with E-state index in [-0.39, 0.29) is 11.1 Å². The van der Waals surface area contributed by atoms with Crippen LogP contribution in [-0.4, -0.2) is 9.97 Å². The average Bonchev–Trinajstić information content (AvgIpc) is 2.86. The van der Waals surface area contributed by atoms with Gasteiger partial charge in [0.25, 0.3) is 0 Å². The smallest absolute Gasteiger partial charge is 0.225 e. The maximum absolute atomic E-state index is 13.6. The van der Waals surface area contributed by atoms with Gasteiger partial charge in [0.1, 0.15) is 16.5 Å². The van der Waals surface area contributed by atoms with E-state index in [4.69, 9.17) is 11.6 Å². The largest absolute Gasteiger partial charge is 0.339 e. The Hall–Kier alpha value is -1.24. The van der Waals surface area contributed by atoms with Crippen molar-refractivity contribution < 1.29 is 4.39 Å². The zero-order valence-electron chi connectivity index (χ0n) is 11.0. The number of halogens is 3. The van der Waals surface area contributed by atoms with Crippen LogP contribution in [0.4, 0.5) is 15.9 Å². The van der Waals surface area contributed by atoms with E-state index in [0.717, 1.165) is 16.6 Å². The first kappa shape index (κ1) is 14.7. The molecular weight excluding hydrogens is 377 g/mol. The standard InChI is InChI=1S/C14H10BrClFN3S/c1-2-8-6-9-12(19-14(16)20-13(9)21-8)18-7-3-4-10(15)11(17)5-7/h3-6H,2H2,1H3,(H,18,19,20). The van der Waals surface area contributed by atoms with Crippen LogP contribution in [0.3, 0.4) is 0 Å². The number of anilines is 2. The summed E-state index contributed by atoms with van der Waals surface area (Å²) >= 11 is 10.7. The molecule has 0 radical (unpaired) electrons. The second kappa shape index (κ2) is 5.87. The van der Waals surface area contributed by atoms with Crippen LogP contribution in [0, 0.1) is 5.82 Å². The van der Waals surface area contributed by atoms with Gasteiger partial charge in [0.15, 0.2) is 0 Å². The monoisotopic (exact) mass is 385 g/mol. The van der Waals surface area contributed by atoms with E-state index in [2.05, 4.69) is 38.1 Å². The van der Waals surface area contributed by atoms with Crippen LogP contribution in [0.5, 0.6) is 0 Å². The second-order valence-corrected chi connectivity index (χ2v) is 6.69. The van der Waals surface area contributed by atoms with Gasteiger partial charge in [-0.15, -0.1) is 11.3 Å². The van der Waals surface area contributed by atoms with Crippen LogP contribution < -0.4 is 5.32 Å². The molecule has 0 saturated carbocycles. The summed E-state index contributed by atoms with van der Waals surface area (Å²) in [6, 6.07) is 6.85. The van der Waals surface area contributed by atoms with Gasteiger partial charge in [0, 0.05) is 10.6 Å². The predicted octanol–water partition coefficient (Wildman–Crippen LogP) is 5.55. The highest BCUT2D eigenvalue weighted by Crippen LogP contribution is 2.32. The molecule has 2 aromatic heterocycles. The van der Waals surface area contributed by atoms with E-state index in [9.17, 15) is 4.39 Å². The molecule has 3 rings (SSSR count). The quantitative estimate of drug-likeness (QED) is 0.599. The topological polar surface area (TPSA) is 37.8 Å². The molecule has 0 aliphatic heterocycles. The van der Waals surface area contributed by atoms with Crippen molar-refractivity contribution in [2.24, 2.45) is 0 Å². The van der Waals surface area contributed by atoms with Gasteiger partial charge in [-0.2, -0.15) is 4.98 Å². The Morgan fingerprint density at radius 3 is 2.86 bits per heavy atom. The van der Waals surface area contributed by atoms with Gasteiger partial charge >= 0.3 is 0 Å². The molecule has 0 amide bonds. The summed E-state index contributed by atoms with van der Waals surface area (Å²) in [6.45, 7) is 2.08. The van der Waals surface area contributed by atoms with Crippen molar-refractivity contribution in [2.45, 2.75) is 13.3 Å². The van der Waals surface area contributed by atoms with E-state index < -0.39 is 0 Å². The molecule has 0 unspecified atom stereocenters. The summed E-state index contributed by atoms with van der Waals surface area (Å²) in [5.41, 5.74) is 0.607. The van der Waals surface area contributed by atoms with Gasteiger partial charge in [0.05, 0.1) is 9.86 Å². The van der Waals surface area contributed by atoms with E-state index >= 15 is 0 Å². The molecule has 7 heteroatoms. The van der Waals surface area contributed by atoms with Crippen molar-refractivity contribution in [3.63, 3.8) is 0 Å². The summed E-state index contributed by atoms with van der Waals surface area (Å²) in [5.74, 6) is 0.249. The Bertz CT molecular complexity index is 821. The molecule has 3 nitrogen and oxygen atoms in total. The number of nitrogens with zero attached hydrogens (tertiary/aromatic N) is 2. The second-order valence-electron chi connectivity index (χ2n) is 4.38. The van der Waals surface area contributed by atoms with Crippen LogP contribution >= 0.6 is 38.9 Å². The maximum Gasteiger partial charge on any atom is 0.225 e. The first-order valence-electron chi connectivity index (χ1n) is 6.25. The molecule has 0 fully saturated rings. The molecule has 21 heavy (non-hydrogen) atoms. The SMILES string of the molecule is CCc1cc2c(Nc3ccc(Br)c(F)c3)nc(Cl)nc2s1. The highest BCUT2D eigenvalue weighted by molar-refractivity contribution is 9.10. The molecule has 2 heterocycles. The van der Waals surface area contributed by atoms with Gasteiger partial charge in [-0.1, -0.05) is 6.92 Å². The zero-order chi connectivity index (χ0) is 15.0. The molecule has 0 atom stereocenters. The number of rotatable bonds is 3. The lowest BCUT2D eigenvalue weighted by Gasteiger charge is -2.07. The maximum atomic E-state index is 13.6.